The topological polar surface area (TPSA) is 110 Å². The summed E-state index contributed by atoms with van der Waals surface area (Å²) in [5.74, 6) is -0.965. The van der Waals surface area contributed by atoms with Crippen molar-refractivity contribution < 1.29 is 22.5 Å². The predicted molar refractivity (Wildman–Crippen MR) is 44.3 cm³/mol. The second kappa shape index (κ2) is 3.81. The zero-order chi connectivity index (χ0) is 9.57. The number of hydrogen-bond acceptors (Lipinski definition) is 5. The number of amides is 1. The molecule has 0 radical (unpaired) electrons. The van der Waals surface area contributed by atoms with Crippen LogP contribution in [0.15, 0.2) is 0 Å². The van der Waals surface area contributed by atoms with Crippen molar-refractivity contribution in [2.45, 2.75) is 5.72 Å². The summed E-state index contributed by atoms with van der Waals surface area (Å²) >= 11 is 0. The first-order valence-corrected chi connectivity index (χ1v) is 4.34. The number of rotatable bonds is 2. The number of β-lactam (4-membered cyclic amide) rings is 1. The van der Waals surface area contributed by atoms with Crippen LogP contribution in [-0.2, 0) is 19.8 Å². The Morgan fingerprint density at radius 2 is 2.15 bits per heavy atom. The number of carbonyl (C=O) groups excluding carboxylic acids is 1. The molecule has 1 aliphatic rings. The van der Waals surface area contributed by atoms with Crippen molar-refractivity contribution >= 4 is 45.8 Å². The van der Waals surface area contributed by atoms with E-state index in [1.807, 2.05) is 0 Å². The van der Waals surface area contributed by atoms with Crippen LogP contribution < -0.4 is 5.73 Å². The Hall–Kier alpha value is 0.300. The molecule has 3 N–H and O–H groups in total. The van der Waals surface area contributed by atoms with Gasteiger partial charge in [-0.05, 0) is 0 Å². The summed E-state index contributed by atoms with van der Waals surface area (Å²) in [4.78, 5) is 10.9. The Labute approximate surface area is 97.4 Å². The molecule has 1 atom stereocenters. The first-order chi connectivity index (χ1) is 5.31. The fourth-order valence-electron chi connectivity index (χ4n) is 0.811. The molecule has 7 nitrogen and oxygen atoms in total. The first-order valence-electron chi connectivity index (χ1n) is 2.95. The summed E-state index contributed by atoms with van der Waals surface area (Å²) in [5, 5.41) is 0. The van der Waals surface area contributed by atoms with Crippen LogP contribution in [-0.4, -0.2) is 72.1 Å². The Balaban J connectivity index is 0.00000144. The van der Waals surface area contributed by atoms with E-state index < -0.39 is 21.9 Å². The van der Waals surface area contributed by atoms with Crippen molar-refractivity contribution in [3.63, 3.8) is 0 Å². The molecule has 0 aromatic rings. The van der Waals surface area contributed by atoms with Gasteiger partial charge in [-0.1, -0.05) is 0 Å². The van der Waals surface area contributed by atoms with Gasteiger partial charge >= 0.3 is 39.9 Å². The molecule has 0 spiro atoms. The third-order valence-corrected chi connectivity index (χ3v) is 2.46. The molecule has 1 amide bonds. The van der Waals surface area contributed by atoms with Gasteiger partial charge in [0, 0.05) is 7.11 Å². The summed E-state index contributed by atoms with van der Waals surface area (Å²) < 4.78 is 33.9. The zero-order valence-electron chi connectivity index (χ0n) is 6.22. The second-order valence-electron chi connectivity index (χ2n) is 2.38. The molecule has 72 valence electrons. The summed E-state index contributed by atoms with van der Waals surface area (Å²) in [7, 11) is -3.29. The van der Waals surface area contributed by atoms with Gasteiger partial charge in [-0.2, -0.15) is 8.42 Å². The fraction of sp³-hybridized carbons (Fsp3) is 0.750. The quantitative estimate of drug-likeness (QED) is 0.226. The molecule has 1 unspecified atom stereocenters. The minimum atomic E-state index is -4.47. The number of methoxy groups -OCH3 is 1. The average Bonchev–Trinajstić information content (AvgIpc) is 1.96. The molecule has 0 aromatic heterocycles. The molecular formula is C4H9N2NaO5S. The van der Waals surface area contributed by atoms with E-state index in [1.54, 1.807) is 0 Å². The van der Waals surface area contributed by atoms with Gasteiger partial charge in [0.25, 0.3) is 5.91 Å². The van der Waals surface area contributed by atoms with Gasteiger partial charge in [-0.15, -0.1) is 0 Å². The van der Waals surface area contributed by atoms with E-state index in [2.05, 4.69) is 4.74 Å². The number of nitrogens with two attached hydrogens (primary N) is 1. The van der Waals surface area contributed by atoms with Gasteiger partial charge in [0.05, 0.1) is 6.54 Å². The number of ether oxygens (including phenoxy) is 1. The number of carbonyl (C=O) groups is 1. The van der Waals surface area contributed by atoms with Crippen LogP contribution in [0.5, 0.6) is 0 Å². The van der Waals surface area contributed by atoms with Crippen molar-refractivity contribution in [1.29, 1.82) is 0 Å². The molecule has 1 aliphatic heterocycles. The van der Waals surface area contributed by atoms with Crippen LogP contribution in [0.4, 0.5) is 0 Å². The Morgan fingerprint density at radius 3 is 2.38 bits per heavy atom. The standard InChI is InChI=1S/C4H8N2O5S.Na.H/c1-11-4(5)2-6(3(4)7)12(8,9)10;;/h2,5H2,1H3,(H,8,9,10);;. The van der Waals surface area contributed by atoms with Crippen LogP contribution in [0.3, 0.4) is 0 Å². The van der Waals surface area contributed by atoms with Gasteiger partial charge in [0.15, 0.2) is 0 Å². The van der Waals surface area contributed by atoms with E-state index in [0.29, 0.717) is 0 Å². The van der Waals surface area contributed by atoms with E-state index in [-0.39, 0.29) is 40.4 Å². The first kappa shape index (κ1) is 13.3. The predicted octanol–water partition coefficient (Wildman–Crippen LogP) is -2.72. The van der Waals surface area contributed by atoms with Crippen LogP contribution in [0, 0.1) is 0 Å². The van der Waals surface area contributed by atoms with E-state index in [9.17, 15) is 13.2 Å². The van der Waals surface area contributed by atoms with E-state index in [1.165, 1.54) is 7.11 Å². The third kappa shape index (κ3) is 2.21. The van der Waals surface area contributed by atoms with Crippen LogP contribution in [0.25, 0.3) is 0 Å². The van der Waals surface area contributed by atoms with Gasteiger partial charge in [-0.3, -0.25) is 15.1 Å². The van der Waals surface area contributed by atoms with Gasteiger partial charge in [0.1, 0.15) is 0 Å². The van der Waals surface area contributed by atoms with Gasteiger partial charge in [-0.25, -0.2) is 4.31 Å². The molecule has 0 aliphatic carbocycles. The van der Waals surface area contributed by atoms with Crippen molar-refractivity contribution in [3.8, 4) is 0 Å². The molecule has 0 saturated carbocycles. The number of hydrogen-bond donors (Lipinski definition) is 2. The molecule has 13 heavy (non-hydrogen) atoms. The minimum absolute atomic E-state index is 0. The molecular weight excluding hydrogens is 211 g/mol. The van der Waals surface area contributed by atoms with Crippen LogP contribution in [0.2, 0.25) is 0 Å². The summed E-state index contributed by atoms with van der Waals surface area (Å²) in [6.07, 6.45) is 0. The average molecular weight is 220 g/mol. The monoisotopic (exact) mass is 220 g/mol. The maximum absolute atomic E-state index is 10.9. The molecule has 1 rings (SSSR count). The SMILES string of the molecule is COC1(N)CN(S(=O)(=O)O)C1=O.[NaH]. The molecule has 0 aromatic carbocycles. The van der Waals surface area contributed by atoms with Crippen LogP contribution >= 0.6 is 0 Å². The van der Waals surface area contributed by atoms with Crippen molar-refractivity contribution in [2.24, 2.45) is 5.73 Å². The van der Waals surface area contributed by atoms with Crippen molar-refractivity contribution in [2.75, 3.05) is 13.7 Å². The van der Waals surface area contributed by atoms with Crippen molar-refractivity contribution in [1.82, 2.24) is 4.31 Å². The van der Waals surface area contributed by atoms with Gasteiger partial charge in [0.2, 0.25) is 5.72 Å². The molecule has 1 heterocycles. The van der Waals surface area contributed by atoms with Gasteiger partial charge < -0.3 is 4.74 Å². The van der Waals surface area contributed by atoms with Crippen LogP contribution in [0.1, 0.15) is 0 Å². The second-order valence-corrected chi connectivity index (χ2v) is 3.72. The summed E-state index contributed by atoms with van der Waals surface area (Å²) in [6.45, 7) is -0.360. The fourth-order valence-corrected chi connectivity index (χ4v) is 1.53. The van der Waals surface area contributed by atoms with E-state index in [0.717, 1.165) is 0 Å². The summed E-state index contributed by atoms with van der Waals surface area (Å²) in [6, 6.07) is 0. The van der Waals surface area contributed by atoms with E-state index in [4.69, 9.17) is 10.3 Å². The molecule has 1 fully saturated rings. The molecule has 9 heteroatoms. The number of nitrogens with zero attached hydrogens (tertiary/aromatic N) is 1. The molecule has 1 saturated heterocycles. The maximum atomic E-state index is 10.9. The van der Waals surface area contributed by atoms with Crippen molar-refractivity contribution in [3.05, 3.63) is 0 Å². The molecule has 0 bridgehead atoms. The Bertz CT molecular complexity index is 316. The third-order valence-electron chi connectivity index (χ3n) is 1.61. The van der Waals surface area contributed by atoms with E-state index >= 15 is 0 Å². The normalized spacial score (nSPS) is 27.9. The Morgan fingerprint density at radius 1 is 1.69 bits per heavy atom. The Kier molecular flexibility index (Phi) is 3.90. The zero-order valence-corrected chi connectivity index (χ0v) is 7.04. The summed E-state index contributed by atoms with van der Waals surface area (Å²) in [5.41, 5.74) is 3.64.